The molecule has 25 heavy (non-hydrogen) atoms. The van der Waals surface area contributed by atoms with Crippen molar-refractivity contribution in [2.45, 2.75) is 6.92 Å². The van der Waals surface area contributed by atoms with Gasteiger partial charge in [0.05, 0.1) is 11.5 Å². The number of ketones is 1. The fourth-order valence-corrected chi connectivity index (χ4v) is 2.98. The van der Waals surface area contributed by atoms with Crippen molar-refractivity contribution in [2.75, 3.05) is 11.9 Å². The summed E-state index contributed by atoms with van der Waals surface area (Å²) in [5.41, 5.74) is 1.50. The highest BCUT2D eigenvalue weighted by molar-refractivity contribution is 9.10. The molecular weight excluding hydrogens is 395 g/mol. The zero-order valence-electron chi connectivity index (χ0n) is 13.0. The molecule has 1 N–H and O–H groups in total. The first-order chi connectivity index (χ1) is 11.9. The number of benzene rings is 2. The standard InChI is InChI=1S/C17H12BrFN2O4/c1-9-12-6-10(19)2-5-16(12)25-17(9)15(22)8-20-14-4-3-11(21(23)24)7-13(14)18/h2-7,20H,8H2,1H3. The van der Waals surface area contributed by atoms with Crippen LogP contribution in [0.25, 0.3) is 11.0 Å². The summed E-state index contributed by atoms with van der Waals surface area (Å²) in [4.78, 5) is 22.6. The van der Waals surface area contributed by atoms with Gasteiger partial charge in [-0.15, -0.1) is 0 Å². The lowest BCUT2D eigenvalue weighted by Gasteiger charge is -2.07. The molecule has 0 bridgehead atoms. The Morgan fingerprint density at radius 2 is 2.08 bits per heavy atom. The second kappa shape index (κ2) is 6.64. The van der Waals surface area contributed by atoms with Gasteiger partial charge in [0.15, 0.2) is 5.76 Å². The molecule has 0 unspecified atom stereocenters. The first kappa shape index (κ1) is 17.1. The summed E-state index contributed by atoms with van der Waals surface area (Å²) in [5, 5.41) is 14.2. The van der Waals surface area contributed by atoms with Crippen LogP contribution in [0.15, 0.2) is 45.3 Å². The monoisotopic (exact) mass is 406 g/mol. The van der Waals surface area contributed by atoms with E-state index in [2.05, 4.69) is 21.2 Å². The molecule has 0 amide bonds. The van der Waals surface area contributed by atoms with Crippen LogP contribution >= 0.6 is 15.9 Å². The van der Waals surface area contributed by atoms with E-state index in [1.807, 2.05) is 0 Å². The molecule has 0 aliphatic rings. The predicted octanol–water partition coefficient (Wildman–Crippen LogP) is 4.85. The van der Waals surface area contributed by atoms with Crippen LogP contribution in [0, 0.1) is 22.9 Å². The number of hydrogen-bond donors (Lipinski definition) is 1. The number of nitro groups is 1. The van der Waals surface area contributed by atoms with Gasteiger partial charge in [0.1, 0.15) is 11.4 Å². The third kappa shape index (κ3) is 3.39. The van der Waals surface area contributed by atoms with Crippen molar-refractivity contribution in [1.29, 1.82) is 0 Å². The number of fused-ring (bicyclic) bond motifs is 1. The number of halogens is 2. The van der Waals surface area contributed by atoms with Crippen LogP contribution in [-0.2, 0) is 0 Å². The molecule has 1 aromatic heterocycles. The molecule has 6 nitrogen and oxygen atoms in total. The van der Waals surface area contributed by atoms with Crippen LogP contribution in [0.5, 0.6) is 0 Å². The Hall–Kier alpha value is -2.74. The first-order valence-corrected chi connectivity index (χ1v) is 8.06. The quantitative estimate of drug-likeness (QED) is 0.372. The minimum atomic E-state index is -0.503. The molecule has 0 atom stereocenters. The second-order valence-electron chi connectivity index (χ2n) is 5.39. The Labute approximate surface area is 149 Å². The summed E-state index contributed by atoms with van der Waals surface area (Å²) in [5.74, 6) is -0.547. The van der Waals surface area contributed by atoms with Gasteiger partial charge in [-0.05, 0) is 47.1 Å². The van der Waals surface area contributed by atoms with Crippen molar-refractivity contribution >= 4 is 44.1 Å². The van der Waals surface area contributed by atoms with E-state index >= 15 is 0 Å². The summed E-state index contributed by atoms with van der Waals surface area (Å²) < 4.78 is 19.3. The minimum absolute atomic E-state index is 0.0566. The third-order valence-electron chi connectivity index (χ3n) is 3.75. The van der Waals surface area contributed by atoms with Gasteiger partial charge in [-0.2, -0.15) is 0 Å². The zero-order chi connectivity index (χ0) is 18.1. The molecule has 0 aliphatic carbocycles. The van der Waals surface area contributed by atoms with E-state index in [4.69, 9.17) is 4.42 Å². The second-order valence-corrected chi connectivity index (χ2v) is 6.25. The van der Waals surface area contributed by atoms with Crippen molar-refractivity contribution in [3.63, 3.8) is 0 Å². The molecule has 2 aromatic carbocycles. The van der Waals surface area contributed by atoms with Gasteiger partial charge in [0.25, 0.3) is 5.69 Å². The lowest BCUT2D eigenvalue weighted by molar-refractivity contribution is -0.384. The van der Waals surface area contributed by atoms with Gasteiger partial charge in [0.2, 0.25) is 5.78 Å². The molecule has 0 spiro atoms. The maximum absolute atomic E-state index is 13.3. The maximum Gasteiger partial charge on any atom is 0.270 e. The van der Waals surface area contributed by atoms with E-state index in [1.54, 1.807) is 6.92 Å². The van der Waals surface area contributed by atoms with Crippen molar-refractivity contribution in [3.8, 4) is 0 Å². The van der Waals surface area contributed by atoms with Crippen molar-refractivity contribution in [3.05, 3.63) is 68.1 Å². The number of furan rings is 1. The molecule has 8 heteroatoms. The highest BCUT2D eigenvalue weighted by atomic mass is 79.9. The molecule has 0 saturated heterocycles. The lowest BCUT2D eigenvalue weighted by atomic mass is 10.1. The molecule has 0 aliphatic heterocycles. The number of non-ortho nitro benzene ring substituents is 1. The first-order valence-electron chi connectivity index (χ1n) is 7.26. The number of hydrogen-bond acceptors (Lipinski definition) is 5. The number of Topliss-reactive ketones (excluding diaryl/α,β-unsaturated/α-hetero) is 1. The lowest BCUT2D eigenvalue weighted by Crippen LogP contribution is -2.14. The molecule has 0 fully saturated rings. The molecule has 0 radical (unpaired) electrons. The Morgan fingerprint density at radius 1 is 1.32 bits per heavy atom. The van der Waals surface area contributed by atoms with E-state index in [9.17, 15) is 19.3 Å². The van der Waals surface area contributed by atoms with E-state index in [1.165, 1.54) is 36.4 Å². The number of nitrogens with one attached hydrogen (secondary N) is 1. The smallest absolute Gasteiger partial charge is 0.270 e. The van der Waals surface area contributed by atoms with Gasteiger partial charge in [-0.25, -0.2) is 4.39 Å². The highest BCUT2D eigenvalue weighted by Crippen LogP contribution is 2.28. The van der Waals surface area contributed by atoms with Gasteiger partial charge >= 0.3 is 0 Å². The highest BCUT2D eigenvalue weighted by Gasteiger charge is 2.18. The summed E-state index contributed by atoms with van der Waals surface area (Å²) in [7, 11) is 0. The van der Waals surface area contributed by atoms with Gasteiger partial charge in [-0.3, -0.25) is 14.9 Å². The Bertz CT molecular complexity index is 1000. The van der Waals surface area contributed by atoms with E-state index in [0.29, 0.717) is 26.7 Å². The molecule has 3 rings (SSSR count). The van der Waals surface area contributed by atoms with E-state index < -0.39 is 10.7 Å². The molecule has 3 aromatic rings. The van der Waals surface area contributed by atoms with E-state index in [0.717, 1.165) is 0 Å². The van der Waals surface area contributed by atoms with Crippen LogP contribution in [0.4, 0.5) is 15.8 Å². The largest absolute Gasteiger partial charge is 0.453 e. The molecule has 128 valence electrons. The number of carbonyl (C=O) groups excluding carboxylic acids is 1. The topological polar surface area (TPSA) is 85.4 Å². The SMILES string of the molecule is Cc1c(C(=O)CNc2ccc([N+](=O)[O-])cc2Br)oc2ccc(F)cc12. The number of nitrogens with zero attached hydrogens (tertiary/aromatic N) is 1. The predicted molar refractivity (Wildman–Crippen MR) is 94.5 cm³/mol. The third-order valence-corrected chi connectivity index (χ3v) is 4.41. The number of anilines is 1. The zero-order valence-corrected chi connectivity index (χ0v) is 14.6. The Balaban J connectivity index is 1.79. The number of aryl methyl sites for hydroxylation is 1. The fourth-order valence-electron chi connectivity index (χ4n) is 2.48. The Morgan fingerprint density at radius 3 is 2.76 bits per heavy atom. The summed E-state index contributed by atoms with van der Waals surface area (Å²) in [6.07, 6.45) is 0. The van der Waals surface area contributed by atoms with E-state index in [-0.39, 0.29) is 23.8 Å². The van der Waals surface area contributed by atoms with Crippen LogP contribution in [0.2, 0.25) is 0 Å². The van der Waals surface area contributed by atoms with Crippen LogP contribution in [0.3, 0.4) is 0 Å². The number of nitro benzene ring substituents is 1. The van der Waals surface area contributed by atoms with Gasteiger partial charge < -0.3 is 9.73 Å². The van der Waals surface area contributed by atoms with Gasteiger partial charge in [-0.1, -0.05) is 0 Å². The summed E-state index contributed by atoms with van der Waals surface area (Å²) in [6.45, 7) is 1.62. The summed E-state index contributed by atoms with van der Waals surface area (Å²) in [6, 6.07) is 8.27. The minimum Gasteiger partial charge on any atom is -0.453 e. The molecule has 0 saturated carbocycles. The van der Waals surface area contributed by atoms with Crippen molar-refractivity contribution < 1.29 is 18.5 Å². The van der Waals surface area contributed by atoms with Crippen LogP contribution in [0.1, 0.15) is 16.1 Å². The van der Waals surface area contributed by atoms with Crippen molar-refractivity contribution in [1.82, 2.24) is 0 Å². The summed E-state index contributed by atoms with van der Waals surface area (Å²) >= 11 is 3.23. The van der Waals surface area contributed by atoms with Crippen LogP contribution in [-0.4, -0.2) is 17.3 Å². The van der Waals surface area contributed by atoms with Crippen molar-refractivity contribution in [2.24, 2.45) is 0 Å². The average Bonchev–Trinajstić information content (AvgIpc) is 2.90. The normalized spacial score (nSPS) is 10.8. The van der Waals surface area contributed by atoms with Crippen LogP contribution < -0.4 is 5.32 Å². The fraction of sp³-hybridized carbons (Fsp3) is 0.118. The molecule has 1 heterocycles. The Kier molecular flexibility index (Phi) is 4.54. The maximum atomic E-state index is 13.3. The molecular formula is C17H12BrFN2O4. The number of rotatable bonds is 5. The number of carbonyl (C=O) groups is 1. The average molecular weight is 407 g/mol. The van der Waals surface area contributed by atoms with Gasteiger partial charge in [0, 0.05) is 33.2 Å².